The van der Waals surface area contributed by atoms with Crippen LogP contribution in [0.15, 0.2) is 12.5 Å². The van der Waals surface area contributed by atoms with Gasteiger partial charge in [-0.2, -0.15) is 0 Å². The quantitative estimate of drug-likeness (QED) is 0.839. The van der Waals surface area contributed by atoms with E-state index in [4.69, 9.17) is 0 Å². The molecule has 0 aliphatic heterocycles. The molecule has 2 N–H and O–H groups in total. The fourth-order valence-electron chi connectivity index (χ4n) is 3.61. The lowest BCUT2D eigenvalue weighted by Gasteiger charge is -2.37. The van der Waals surface area contributed by atoms with Crippen LogP contribution in [0, 0.1) is 0 Å². The van der Waals surface area contributed by atoms with E-state index in [2.05, 4.69) is 20.2 Å². The maximum Gasteiger partial charge on any atom is 0.246 e. The second-order valence-corrected chi connectivity index (χ2v) is 6.80. The monoisotopic (exact) mass is 318 g/mol. The number of aromatic amines is 1. The lowest BCUT2D eigenvalue weighted by Crippen LogP contribution is -2.53. The summed E-state index contributed by atoms with van der Waals surface area (Å²) in [4.78, 5) is 33.8. The van der Waals surface area contributed by atoms with E-state index >= 15 is 0 Å². The molecule has 6 nitrogen and oxygen atoms in total. The summed E-state index contributed by atoms with van der Waals surface area (Å²) >= 11 is 0. The highest BCUT2D eigenvalue weighted by atomic mass is 16.2. The minimum Gasteiger partial charge on any atom is -0.348 e. The van der Waals surface area contributed by atoms with Crippen LogP contribution in [0.2, 0.25) is 0 Å². The molecule has 2 saturated carbocycles. The number of aromatic nitrogens is 2. The average molecular weight is 318 g/mol. The summed E-state index contributed by atoms with van der Waals surface area (Å²) in [5, 5.41) is 2.84. The zero-order chi connectivity index (χ0) is 16.2. The van der Waals surface area contributed by atoms with Crippen molar-refractivity contribution < 1.29 is 9.59 Å². The van der Waals surface area contributed by atoms with Crippen LogP contribution in [0.25, 0.3) is 0 Å². The molecule has 1 aromatic rings. The van der Waals surface area contributed by atoms with Crippen LogP contribution >= 0.6 is 0 Å². The highest BCUT2D eigenvalue weighted by molar-refractivity contribution is 5.87. The second kappa shape index (κ2) is 7.15. The van der Waals surface area contributed by atoms with Crippen molar-refractivity contribution in [3.05, 3.63) is 18.2 Å². The summed E-state index contributed by atoms with van der Waals surface area (Å²) in [7, 11) is 0. The van der Waals surface area contributed by atoms with E-state index in [1.165, 1.54) is 26.2 Å². The summed E-state index contributed by atoms with van der Waals surface area (Å²) in [5.74, 6) is -0.0912. The first-order valence-corrected chi connectivity index (χ1v) is 8.71. The number of amides is 2. The molecule has 0 saturated heterocycles. The van der Waals surface area contributed by atoms with E-state index in [0.717, 1.165) is 31.4 Å². The maximum absolute atomic E-state index is 13.2. The van der Waals surface area contributed by atoms with E-state index in [1.54, 1.807) is 12.5 Å². The third kappa shape index (κ3) is 4.12. The minimum absolute atomic E-state index is 0.0733. The molecule has 126 valence electrons. The number of rotatable bonds is 6. The van der Waals surface area contributed by atoms with E-state index in [0.29, 0.717) is 18.5 Å². The molecule has 6 heteroatoms. The number of imidazole rings is 1. The number of H-pyrrole nitrogens is 1. The molecule has 1 atom stereocenters. The molecular weight excluding hydrogens is 292 g/mol. The molecule has 3 rings (SSSR count). The molecule has 2 aliphatic carbocycles. The largest absolute Gasteiger partial charge is 0.348 e. The molecule has 1 heterocycles. The Kier molecular flexibility index (Phi) is 4.98. The fraction of sp³-hybridized carbons (Fsp3) is 0.706. The van der Waals surface area contributed by atoms with Crippen LogP contribution in [0.4, 0.5) is 0 Å². The van der Waals surface area contributed by atoms with Crippen molar-refractivity contribution in [1.29, 1.82) is 0 Å². The highest BCUT2D eigenvalue weighted by Crippen LogP contribution is 2.34. The minimum atomic E-state index is -0.504. The molecule has 0 aromatic carbocycles. The number of hydrogen-bond donors (Lipinski definition) is 2. The van der Waals surface area contributed by atoms with Gasteiger partial charge < -0.3 is 15.2 Å². The summed E-state index contributed by atoms with van der Waals surface area (Å²) < 4.78 is 0. The molecule has 0 unspecified atom stereocenters. The maximum atomic E-state index is 13.2. The van der Waals surface area contributed by atoms with Gasteiger partial charge in [-0.15, -0.1) is 0 Å². The van der Waals surface area contributed by atoms with Crippen LogP contribution in [-0.4, -0.2) is 44.8 Å². The van der Waals surface area contributed by atoms with Crippen molar-refractivity contribution in [2.75, 3.05) is 0 Å². The normalized spacial score (nSPS) is 20.0. The summed E-state index contributed by atoms with van der Waals surface area (Å²) in [5.41, 5.74) is 0.872. The van der Waals surface area contributed by atoms with Crippen molar-refractivity contribution in [3.8, 4) is 0 Å². The van der Waals surface area contributed by atoms with Gasteiger partial charge in [-0.25, -0.2) is 4.98 Å². The number of nitrogens with one attached hydrogen (secondary N) is 2. The van der Waals surface area contributed by atoms with Crippen LogP contribution < -0.4 is 5.32 Å². The van der Waals surface area contributed by atoms with Crippen molar-refractivity contribution in [1.82, 2.24) is 20.2 Å². The van der Waals surface area contributed by atoms with Gasteiger partial charge in [0.15, 0.2) is 0 Å². The second-order valence-electron chi connectivity index (χ2n) is 6.80. The van der Waals surface area contributed by atoms with Gasteiger partial charge in [0.1, 0.15) is 6.04 Å². The fourth-order valence-corrected chi connectivity index (χ4v) is 3.61. The zero-order valence-electron chi connectivity index (χ0n) is 13.8. The van der Waals surface area contributed by atoms with Gasteiger partial charge in [-0.3, -0.25) is 9.59 Å². The molecule has 0 bridgehead atoms. The SMILES string of the molecule is CC(=O)N[C@@H](Cc1cnc[nH]1)C(=O)N(C1CCCCC1)C1CC1. The third-order valence-corrected chi connectivity index (χ3v) is 4.82. The van der Waals surface area contributed by atoms with E-state index in [9.17, 15) is 9.59 Å². The van der Waals surface area contributed by atoms with Crippen molar-refractivity contribution in [2.24, 2.45) is 0 Å². The summed E-state index contributed by atoms with van der Waals surface area (Å²) in [6, 6.07) is 0.223. The van der Waals surface area contributed by atoms with Crippen LogP contribution in [0.5, 0.6) is 0 Å². The summed E-state index contributed by atoms with van der Waals surface area (Å²) in [6.07, 6.45) is 11.8. The Morgan fingerprint density at radius 2 is 1.96 bits per heavy atom. The Balaban J connectivity index is 1.74. The lowest BCUT2D eigenvalue weighted by atomic mass is 9.93. The van der Waals surface area contributed by atoms with Crippen LogP contribution in [0.3, 0.4) is 0 Å². The van der Waals surface area contributed by atoms with Crippen molar-refractivity contribution >= 4 is 11.8 Å². The van der Waals surface area contributed by atoms with Crippen molar-refractivity contribution in [2.45, 2.75) is 76.4 Å². The Morgan fingerprint density at radius 1 is 1.26 bits per heavy atom. The number of hydrogen-bond acceptors (Lipinski definition) is 3. The molecule has 2 fully saturated rings. The van der Waals surface area contributed by atoms with Gasteiger partial charge in [-0.1, -0.05) is 19.3 Å². The molecule has 23 heavy (non-hydrogen) atoms. The Hall–Kier alpha value is -1.85. The number of carbonyl (C=O) groups is 2. The first-order chi connectivity index (χ1) is 11.1. The van der Waals surface area contributed by atoms with Crippen LogP contribution in [0.1, 0.15) is 57.6 Å². The van der Waals surface area contributed by atoms with Gasteiger partial charge in [0.05, 0.1) is 6.33 Å². The van der Waals surface area contributed by atoms with E-state index in [-0.39, 0.29) is 11.8 Å². The van der Waals surface area contributed by atoms with E-state index in [1.807, 2.05) is 0 Å². The molecular formula is C17H26N4O2. The van der Waals surface area contributed by atoms with Gasteiger partial charge in [-0.05, 0) is 25.7 Å². The third-order valence-electron chi connectivity index (χ3n) is 4.82. The molecule has 2 aliphatic rings. The topological polar surface area (TPSA) is 78.1 Å². The first kappa shape index (κ1) is 16.0. The van der Waals surface area contributed by atoms with Crippen LogP contribution in [-0.2, 0) is 16.0 Å². The van der Waals surface area contributed by atoms with Gasteiger partial charge >= 0.3 is 0 Å². The Labute approximate surface area is 137 Å². The molecule has 0 spiro atoms. The Morgan fingerprint density at radius 3 is 2.52 bits per heavy atom. The molecule has 1 aromatic heterocycles. The predicted octanol–water partition coefficient (Wildman–Crippen LogP) is 1.78. The zero-order valence-corrected chi connectivity index (χ0v) is 13.8. The first-order valence-electron chi connectivity index (χ1n) is 8.71. The molecule has 2 amide bonds. The van der Waals surface area contributed by atoms with Gasteiger partial charge in [0, 0.05) is 37.3 Å². The van der Waals surface area contributed by atoms with Crippen molar-refractivity contribution in [3.63, 3.8) is 0 Å². The molecule has 0 radical (unpaired) electrons. The predicted molar refractivity (Wildman–Crippen MR) is 86.6 cm³/mol. The Bertz CT molecular complexity index is 533. The smallest absolute Gasteiger partial charge is 0.246 e. The lowest BCUT2D eigenvalue weighted by molar-refractivity contribution is -0.139. The summed E-state index contributed by atoms with van der Waals surface area (Å²) in [6.45, 7) is 1.47. The van der Waals surface area contributed by atoms with E-state index < -0.39 is 6.04 Å². The highest BCUT2D eigenvalue weighted by Gasteiger charge is 2.40. The number of carbonyl (C=O) groups excluding carboxylic acids is 2. The standard InChI is InChI=1S/C17H26N4O2/c1-12(22)20-16(9-13-10-18-11-19-13)17(23)21(15-7-8-15)14-5-3-2-4-6-14/h10-11,14-16H,2-9H2,1H3,(H,18,19)(H,20,22)/t16-/m0/s1. The van der Waals surface area contributed by atoms with Gasteiger partial charge in [0.25, 0.3) is 0 Å². The average Bonchev–Trinajstić information content (AvgIpc) is 3.23. The van der Waals surface area contributed by atoms with Gasteiger partial charge in [0.2, 0.25) is 11.8 Å². The number of nitrogens with zero attached hydrogens (tertiary/aromatic N) is 2.